The number of rotatable bonds is 4. The fourth-order valence-electron chi connectivity index (χ4n) is 4.65. The van der Waals surface area contributed by atoms with Crippen molar-refractivity contribution in [3.63, 3.8) is 0 Å². The van der Waals surface area contributed by atoms with Gasteiger partial charge in [0, 0.05) is 18.6 Å². The van der Waals surface area contributed by atoms with E-state index in [0.29, 0.717) is 24.1 Å². The Bertz CT molecular complexity index is 442. The summed E-state index contributed by atoms with van der Waals surface area (Å²) in [5.41, 5.74) is 7.58. The van der Waals surface area contributed by atoms with Gasteiger partial charge in [0.25, 0.3) is 0 Å². The van der Waals surface area contributed by atoms with Gasteiger partial charge in [-0.25, -0.2) is 0 Å². The fourth-order valence-corrected chi connectivity index (χ4v) is 15.9. The maximum atomic E-state index is 10.6. The molecule has 0 aromatic heterocycles. The Hall–Kier alpha value is 0.234. The Balaban J connectivity index is 2.55. The molecule has 1 saturated carbocycles. The average Bonchev–Trinajstić information content (AvgIpc) is 2.70. The third kappa shape index (κ3) is 3.66. The molecule has 0 radical (unpaired) electrons. The molecule has 2 rings (SSSR count). The Morgan fingerprint density at radius 3 is 1.80 bits per heavy atom. The number of aliphatic hydroxyl groups is 1. The summed E-state index contributed by atoms with van der Waals surface area (Å²) in [5, 5.41) is 10.6. The van der Waals surface area contributed by atoms with E-state index in [-0.39, 0.29) is 29.1 Å². The SMILES string of the molecule is CC(C)[Si]1(C(C)C)OCC2C(N)CC(O)C2O[Si](C(C)C)(C(C)C)O1. The number of fused-ring (bicyclic) bond motifs is 1. The maximum absolute atomic E-state index is 10.6. The summed E-state index contributed by atoms with van der Waals surface area (Å²) in [6.07, 6.45) is -0.210. The summed E-state index contributed by atoms with van der Waals surface area (Å²) in [6, 6.07) is -0.0739. The second-order valence-corrected chi connectivity index (χ2v) is 18.0. The van der Waals surface area contributed by atoms with Crippen LogP contribution in [-0.4, -0.2) is 47.1 Å². The first-order valence-electron chi connectivity index (χ1n) is 9.93. The summed E-state index contributed by atoms with van der Waals surface area (Å²) in [4.78, 5) is 0. The van der Waals surface area contributed by atoms with E-state index in [1.165, 1.54) is 0 Å². The van der Waals surface area contributed by atoms with Crippen molar-refractivity contribution in [1.82, 2.24) is 0 Å². The van der Waals surface area contributed by atoms with Crippen LogP contribution in [0.2, 0.25) is 22.2 Å². The lowest BCUT2D eigenvalue weighted by atomic mass is 10.0. The molecule has 0 aromatic rings. The number of nitrogens with two attached hydrogens (primary N) is 1. The number of hydrogen-bond donors (Lipinski definition) is 2. The van der Waals surface area contributed by atoms with Gasteiger partial charge in [-0.3, -0.25) is 0 Å². The Labute approximate surface area is 156 Å². The number of aliphatic hydroxyl groups excluding tert-OH is 1. The summed E-state index contributed by atoms with van der Waals surface area (Å²) in [7, 11) is -5.11. The Morgan fingerprint density at radius 1 is 0.880 bits per heavy atom. The van der Waals surface area contributed by atoms with Crippen molar-refractivity contribution in [2.45, 2.75) is 102 Å². The zero-order valence-electron chi connectivity index (χ0n) is 17.3. The molecule has 1 heterocycles. The monoisotopic (exact) mass is 389 g/mol. The summed E-state index contributed by atoms with van der Waals surface area (Å²) in [5.74, 6) is 0.0487. The van der Waals surface area contributed by atoms with Crippen molar-refractivity contribution in [3.8, 4) is 0 Å². The molecule has 0 spiro atoms. The molecule has 2 aliphatic rings. The van der Waals surface area contributed by atoms with Crippen molar-refractivity contribution >= 4 is 17.1 Å². The molecule has 0 aromatic carbocycles. The second kappa shape index (κ2) is 7.69. The van der Waals surface area contributed by atoms with Crippen LogP contribution in [0, 0.1) is 5.92 Å². The normalized spacial score (nSPS) is 35.3. The minimum Gasteiger partial charge on any atom is -0.414 e. The molecular formula is C18H39NO4Si2. The molecule has 1 saturated heterocycles. The van der Waals surface area contributed by atoms with Gasteiger partial charge in [0.05, 0.1) is 12.2 Å². The molecule has 0 bridgehead atoms. The molecular weight excluding hydrogens is 350 g/mol. The average molecular weight is 390 g/mol. The number of hydrogen-bond acceptors (Lipinski definition) is 5. The van der Waals surface area contributed by atoms with Crippen molar-refractivity contribution in [2.75, 3.05) is 6.61 Å². The lowest BCUT2D eigenvalue weighted by Crippen LogP contribution is -2.65. The van der Waals surface area contributed by atoms with Gasteiger partial charge in [-0.1, -0.05) is 55.4 Å². The Kier molecular flexibility index (Phi) is 6.63. The van der Waals surface area contributed by atoms with Crippen LogP contribution in [-0.2, 0) is 13.0 Å². The summed E-state index contributed by atoms with van der Waals surface area (Å²) < 4.78 is 20.6. The van der Waals surface area contributed by atoms with Gasteiger partial charge in [-0.2, -0.15) is 0 Å². The largest absolute Gasteiger partial charge is 0.414 e. The molecule has 7 heteroatoms. The molecule has 0 amide bonds. The van der Waals surface area contributed by atoms with Crippen LogP contribution in [0.3, 0.4) is 0 Å². The van der Waals surface area contributed by atoms with Gasteiger partial charge in [-0.15, -0.1) is 0 Å². The first kappa shape index (κ1) is 21.5. The summed E-state index contributed by atoms with van der Waals surface area (Å²) >= 11 is 0. The molecule has 4 atom stereocenters. The van der Waals surface area contributed by atoms with Crippen LogP contribution >= 0.6 is 0 Å². The van der Waals surface area contributed by atoms with Gasteiger partial charge < -0.3 is 23.8 Å². The molecule has 2 fully saturated rings. The molecule has 4 unspecified atom stereocenters. The molecule has 5 nitrogen and oxygen atoms in total. The van der Waals surface area contributed by atoms with Crippen LogP contribution in [0.4, 0.5) is 0 Å². The zero-order chi connectivity index (χ0) is 19.2. The second-order valence-electron chi connectivity index (χ2n) is 9.19. The minimum absolute atomic E-state index is 0.0487. The molecule has 1 aliphatic carbocycles. The minimum atomic E-state index is -2.62. The van der Waals surface area contributed by atoms with E-state index < -0.39 is 23.2 Å². The molecule has 3 N–H and O–H groups in total. The molecule has 25 heavy (non-hydrogen) atoms. The maximum Gasteiger partial charge on any atom is 0.335 e. The van der Waals surface area contributed by atoms with Gasteiger partial charge in [0.2, 0.25) is 0 Å². The van der Waals surface area contributed by atoms with E-state index in [4.69, 9.17) is 18.7 Å². The third-order valence-electron chi connectivity index (χ3n) is 6.22. The highest BCUT2D eigenvalue weighted by atomic mass is 28.5. The Morgan fingerprint density at radius 2 is 1.36 bits per heavy atom. The highest BCUT2D eigenvalue weighted by Gasteiger charge is 2.60. The van der Waals surface area contributed by atoms with Gasteiger partial charge >= 0.3 is 17.1 Å². The van der Waals surface area contributed by atoms with Gasteiger partial charge in [0.1, 0.15) is 0 Å². The van der Waals surface area contributed by atoms with Crippen LogP contribution in [0.1, 0.15) is 61.8 Å². The van der Waals surface area contributed by atoms with E-state index in [9.17, 15) is 5.11 Å². The van der Waals surface area contributed by atoms with E-state index in [0.717, 1.165) is 0 Å². The van der Waals surface area contributed by atoms with Gasteiger partial charge in [-0.05, 0) is 28.6 Å². The van der Waals surface area contributed by atoms with Gasteiger partial charge in [0.15, 0.2) is 0 Å². The third-order valence-corrected chi connectivity index (χ3v) is 16.5. The lowest BCUT2D eigenvalue weighted by Gasteiger charge is -2.52. The fraction of sp³-hybridized carbons (Fsp3) is 1.00. The van der Waals surface area contributed by atoms with Crippen LogP contribution in [0.15, 0.2) is 0 Å². The van der Waals surface area contributed by atoms with Crippen molar-refractivity contribution in [3.05, 3.63) is 0 Å². The smallest absolute Gasteiger partial charge is 0.335 e. The summed E-state index contributed by atoms with van der Waals surface area (Å²) in [6.45, 7) is 18.2. The standard InChI is InChI=1S/C18H39NO4Si2/c1-11(2)24(12(3)4)21-10-15-16(19)9-17(20)18(15)22-25(23-24,13(5)6)14(7)8/h11-18,20H,9-10,19H2,1-8H3. The quantitative estimate of drug-likeness (QED) is 0.718. The van der Waals surface area contributed by atoms with Crippen molar-refractivity contribution < 1.29 is 18.1 Å². The molecule has 148 valence electrons. The van der Waals surface area contributed by atoms with E-state index >= 15 is 0 Å². The predicted molar refractivity (Wildman–Crippen MR) is 106 cm³/mol. The zero-order valence-corrected chi connectivity index (χ0v) is 19.3. The lowest BCUT2D eigenvalue weighted by molar-refractivity contribution is -0.0185. The first-order chi connectivity index (χ1) is 11.5. The first-order valence-corrected chi connectivity index (χ1v) is 13.9. The highest BCUT2D eigenvalue weighted by molar-refractivity contribution is 6.83. The topological polar surface area (TPSA) is 73.9 Å². The van der Waals surface area contributed by atoms with Crippen molar-refractivity contribution in [2.24, 2.45) is 11.7 Å². The molecule has 1 aliphatic heterocycles. The highest BCUT2D eigenvalue weighted by Crippen LogP contribution is 2.48. The van der Waals surface area contributed by atoms with E-state index in [2.05, 4.69) is 55.4 Å². The predicted octanol–water partition coefficient (Wildman–Crippen LogP) is 3.65. The van der Waals surface area contributed by atoms with Crippen LogP contribution in [0.25, 0.3) is 0 Å². The van der Waals surface area contributed by atoms with E-state index in [1.54, 1.807) is 0 Å². The van der Waals surface area contributed by atoms with Crippen LogP contribution in [0.5, 0.6) is 0 Å². The van der Waals surface area contributed by atoms with Crippen LogP contribution < -0.4 is 5.73 Å². The van der Waals surface area contributed by atoms with Crippen molar-refractivity contribution in [1.29, 1.82) is 0 Å². The van der Waals surface area contributed by atoms with E-state index in [1.807, 2.05) is 0 Å².